The van der Waals surface area contributed by atoms with Crippen LogP contribution in [0.1, 0.15) is 193 Å². The Bertz CT molecular complexity index is 954. The third kappa shape index (κ3) is 5.92. The van der Waals surface area contributed by atoms with Gasteiger partial charge in [-0.05, 0) is 150 Å². The van der Waals surface area contributed by atoms with Crippen LogP contribution >= 0.6 is 0 Å². The lowest BCUT2D eigenvalue weighted by Gasteiger charge is -2.65. The third-order valence-electron chi connectivity index (χ3n) is 17.6. The Labute approximate surface area is 285 Å². The monoisotopic (exact) mass is 631 g/mol. The van der Waals surface area contributed by atoms with Crippen LogP contribution in [0, 0.1) is 47.3 Å². The highest BCUT2D eigenvalue weighted by atomic mass is 15.2. The Morgan fingerprint density at radius 2 is 0.652 bits per heavy atom. The summed E-state index contributed by atoms with van der Waals surface area (Å²) >= 11 is 0. The normalized spacial score (nSPS) is 46.2. The van der Waals surface area contributed by atoms with E-state index in [9.17, 15) is 0 Å². The van der Waals surface area contributed by atoms with Crippen LogP contribution in [-0.4, -0.2) is 46.1 Å². The van der Waals surface area contributed by atoms with E-state index in [1.165, 1.54) is 89.9 Å². The highest BCUT2D eigenvalue weighted by Crippen LogP contribution is 2.62. The molecule has 0 aromatic heterocycles. The Kier molecular flexibility index (Phi) is 9.89. The summed E-state index contributed by atoms with van der Waals surface area (Å²) in [6.07, 6.45) is 46.6. The van der Waals surface area contributed by atoms with Crippen LogP contribution in [0.2, 0.25) is 0 Å². The van der Waals surface area contributed by atoms with E-state index < -0.39 is 0 Å². The van der Waals surface area contributed by atoms with E-state index in [4.69, 9.17) is 0 Å². The summed E-state index contributed by atoms with van der Waals surface area (Å²) in [5.74, 6) is 8.58. The molecule has 2 heteroatoms. The van der Waals surface area contributed by atoms with E-state index >= 15 is 0 Å². The van der Waals surface area contributed by atoms with Crippen molar-refractivity contribution in [3.8, 4) is 0 Å². The molecule has 9 saturated carbocycles. The van der Waals surface area contributed by atoms with Crippen molar-refractivity contribution in [1.82, 2.24) is 9.80 Å². The molecule has 9 rings (SSSR count). The first-order valence-corrected chi connectivity index (χ1v) is 22.4. The molecule has 46 heavy (non-hydrogen) atoms. The Morgan fingerprint density at radius 1 is 0.239 bits per heavy atom. The average Bonchev–Trinajstić information content (AvgIpc) is 3.13. The fourth-order valence-corrected chi connectivity index (χ4v) is 16.0. The lowest BCUT2D eigenvalue weighted by Crippen LogP contribution is -2.65. The first-order valence-electron chi connectivity index (χ1n) is 22.4. The van der Waals surface area contributed by atoms with Crippen LogP contribution in [-0.2, 0) is 0 Å². The average molecular weight is 631 g/mol. The molecule has 0 radical (unpaired) electrons. The zero-order valence-electron chi connectivity index (χ0n) is 30.2. The van der Waals surface area contributed by atoms with Crippen LogP contribution < -0.4 is 0 Å². The van der Waals surface area contributed by atoms with Crippen LogP contribution in [0.25, 0.3) is 0 Å². The molecule has 260 valence electrons. The minimum atomic E-state index is 0.935. The van der Waals surface area contributed by atoms with E-state index in [0.29, 0.717) is 0 Å². The zero-order valence-corrected chi connectivity index (χ0v) is 30.2. The van der Waals surface area contributed by atoms with Gasteiger partial charge in [-0.3, -0.25) is 9.80 Å². The van der Waals surface area contributed by atoms with Gasteiger partial charge in [0.15, 0.2) is 0 Å². The molecule has 0 saturated heterocycles. The van der Waals surface area contributed by atoms with Gasteiger partial charge in [-0.1, -0.05) is 89.9 Å². The van der Waals surface area contributed by atoms with Crippen molar-refractivity contribution >= 4 is 0 Å². The zero-order chi connectivity index (χ0) is 30.5. The second-order valence-corrected chi connectivity index (χ2v) is 19.4. The van der Waals surface area contributed by atoms with E-state index in [1.807, 2.05) is 0 Å². The maximum atomic E-state index is 3.46. The fraction of sp³-hybridized carbons (Fsp3) is 1.00. The molecule has 0 bridgehead atoms. The quantitative estimate of drug-likeness (QED) is 0.288. The lowest BCUT2D eigenvalue weighted by atomic mass is 9.46. The van der Waals surface area contributed by atoms with Crippen LogP contribution in [0.3, 0.4) is 0 Å². The van der Waals surface area contributed by atoms with Gasteiger partial charge in [0.25, 0.3) is 0 Å². The molecule has 0 spiro atoms. The first kappa shape index (κ1) is 31.9. The second kappa shape index (κ2) is 14.3. The highest BCUT2D eigenvalue weighted by Gasteiger charge is 2.58. The Hall–Kier alpha value is -0.0800. The topological polar surface area (TPSA) is 6.48 Å². The van der Waals surface area contributed by atoms with E-state index in [-0.39, 0.29) is 0 Å². The van der Waals surface area contributed by atoms with Crippen molar-refractivity contribution in [2.24, 2.45) is 47.3 Å². The van der Waals surface area contributed by atoms with Gasteiger partial charge < -0.3 is 0 Å². The van der Waals surface area contributed by atoms with Crippen molar-refractivity contribution < 1.29 is 0 Å². The van der Waals surface area contributed by atoms with Gasteiger partial charge in [-0.25, -0.2) is 0 Å². The van der Waals surface area contributed by atoms with Gasteiger partial charge in [-0.15, -0.1) is 0 Å². The summed E-state index contributed by atoms with van der Waals surface area (Å²) in [5, 5.41) is 0. The molecule has 0 N–H and O–H groups in total. The molecule has 0 amide bonds. The number of hydrogen-bond donors (Lipinski definition) is 0. The summed E-state index contributed by atoms with van der Waals surface area (Å²) in [4.78, 5) is 6.83. The van der Waals surface area contributed by atoms with Crippen molar-refractivity contribution in [2.45, 2.75) is 229 Å². The molecule has 0 aliphatic heterocycles. The van der Waals surface area contributed by atoms with Crippen molar-refractivity contribution in [3.63, 3.8) is 0 Å². The Balaban J connectivity index is 1.02. The predicted octanol–water partition coefficient (Wildman–Crippen LogP) is 11.6. The van der Waals surface area contributed by atoms with Gasteiger partial charge in [0.2, 0.25) is 0 Å². The fourth-order valence-electron chi connectivity index (χ4n) is 16.0. The van der Waals surface area contributed by atoms with Gasteiger partial charge >= 0.3 is 0 Å². The van der Waals surface area contributed by atoms with Crippen molar-refractivity contribution in [2.75, 3.05) is 0 Å². The first-order chi connectivity index (χ1) is 22.8. The largest absolute Gasteiger partial charge is 0.294 e. The molecule has 9 fully saturated rings. The van der Waals surface area contributed by atoms with Gasteiger partial charge in [0.05, 0.1) is 0 Å². The molecule has 9 aliphatic carbocycles. The van der Waals surface area contributed by atoms with E-state index in [2.05, 4.69) is 9.80 Å². The lowest BCUT2D eigenvalue weighted by molar-refractivity contribution is -0.153. The summed E-state index contributed by atoms with van der Waals surface area (Å²) in [6.45, 7) is 0. The summed E-state index contributed by atoms with van der Waals surface area (Å²) < 4.78 is 0. The number of fused-ring (bicyclic) bond motifs is 1. The minimum absolute atomic E-state index is 0.935. The molecular weight excluding hydrogens is 556 g/mol. The maximum absolute atomic E-state index is 3.46. The van der Waals surface area contributed by atoms with Crippen LogP contribution in [0.4, 0.5) is 0 Å². The molecule has 11 atom stereocenters. The van der Waals surface area contributed by atoms with Gasteiger partial charge in [-0.2, -0.15) is 0 Å². The molecular formula is C44H74N2. The number of hydrogen-bond acceptors (Lipinski definition) is 2. The van der Waals surface area contributed by atoms with Gasteiger partial charge in [0.1, 0.15) is 0 Å². The smallest absolute Gasteiger partial charge is 0.0132 e. The standard InChI is InChI=1S/C44H74N2/c1-4-15-34(16-5-1)45(35-17-6-2-7-18-35)41-29-25-32-24-28-39-42(30-26-33-23-27-38(41)43(32)44(33)39)46(36-19-8-3-9-20-36)40-22-12-14-31-13-10-11-21-37(31)40/h31-44H,1-30H2. The minimum Gasteiger partial charge on any atom is -0.294 e. The number of rotatable bonds is 6. The second-order valence-electron chi connectivity index (χ2n) is 19.4. The molecule has 0 aromatic rings. The summed E-state index contributed by atoms with van der Waals surface area (Å²) in [6, 6.07) is 5.65. The predicted molar refractivity (Wildman–Crippen MR) is 193 cm³/mol. The maximum Gasteiger partial charge on any atom is 0.0132 e. The van der Waals surface area contributed by atoms with Crippen molar-refractivity contribution in [3.05, 3.63) is 0 Å². The van der Waals surface area contributed by atoms with E-state index in [1.54, 1.807) is 103 Å². The Morgan fingerprint density at radius 3 is 1.22 bits per heavy atom. The molecule has 11 unspecified atom stereocenters. The SMILES string of the molecule is C1CCC(N(C2CCCCC2)C2CCC3CCC4C5C(CCC2C35)CCC4N(C2CCCCC2)C2CCCC3CCCCC32)CC1. The third-order valence-corrected chi connectivity index (χ3v) is 17.6. The number of nitrogens with zero attached hydrogens (tertiary/aromatic N) is 2. The highest BCUT2D eigenvalue weighted by molar-refractivity contribution is 5.10. The van der Waals surface area contributed by atoms with Crippen molar-refractivity contribution in [1.29, 1.82) is 0 Å². The summed E-state index contributed by atoms with van der Waals surface area (Å²) in [7, 11) is 0. The van der Waals surface area contributed by atoms with Crippen LogP contribution in [0.5, 0.6) is 0 Å². The molecule has 2 nitrogen and oxygen atoms in total. The van der Waals surface area contributed by atoms with E-state index in [0.717, 1.165) is 83.6 Å². The summed E-state index contributed by atoms with van der Waals surface area (Å²) in [5.41, 5.74) is 0. The molecule has 0 aromatic carbocycles. The van der Waals surface area contributed by atoms with Crippen LogP contribution in [0.15, 0.2) is 0 Å². The molecule has 0 heterocycles. The molecule has 9 aliphatic rings. The van der Waals surface area contributed by atoms with Gasteiger partial charge in [0, 0.05) is 36.3 Å².